The number of rotatable bonds is 5. The molecule has 3 heterocycles. The summed E-state index contributed by atoms with van der Waals surface area (Å²) in [6.07, 6.45) is 7.11. The van der Waals surface area contributed by atoms with Crippen LogP contribution >= 0.6 is 0 Å². The number of anilines is 1. The Morgan fingerprint density at radius 2 is 2.00 bits per heavy atom. The van der Waals surface area contributed by atoms with Gasteiger partial charge in [0.2, 0.25) is 5.91 Å². The lowest BCUT2D eigenvalue weighted by Gasteiger charge is -2.34. The van der Waals surface area contributed by atoms with E-state index in [1.807, 2.05) is 13.2 Å². The van der Waals surface area contributed by atoms with Gasteiger partial charge in [-0.3, -0.25) is 9.79 Å². The summed E-state index contributed by atoms with van der Waals surface area (Å²) in [6, 6.07) is 4.25. The first-order chi connectivity index (χ1) is 13.2. The molecule has 7 heteroatoms. The van der Waals surface area contributed by atoms with E-state index in [2.05, 4.69) is 42.5 Å². The normalized spacial score (nSPS) is 18.7. The van der Waals surface area contributed by atoms with E-state index >= 15 is 0 Å². The van der Waals surface area contributed by atoms with Crippen LogP contribution in [0.2, 0.25) is 0 Å². The van der Waals surface area contributed by atoms with Crippen LogP contribution in [-0.2, 0) is 11.3 Å². The molecule has 0 saturated carbocycles. The molecular weight excluding hydrogens is 340 g/mol. The third kappa shape index (κ3) is 5.34. The molecule has 1 aromatic rings. The van der Waals surface area contributed by atoms with Crippen LogP contribution in [0.1, 0.15) is 37.7 Å². The van der Waals surface area contributed by atoms with Crippen molar-refractivity contribution in [2.45, 2.75) is 38.6 Å². The van der Waals surface area contributed by atoms with E-state index in [4.69, 9.17) is 0 Å². The standard InChI is InChI=1S/C20H32N6O/c1-21-19(27)14-16-6-11-26(12-7-16)20(22-2)24-15-17-5-8-23-18(13-17)25-9-3-4-10-25/h5,8,13,16H,3-4,6-7,9-12,14-15H2,1-2H3,(H,21,27)(H,22,24). The van der Waals surface area contributed by atoms with Gasteiger partial charge in [0, 0.05) is 59.4 Å². The number of nitrogens with one attached hydrogen (secondary N) is 2. The van der Waals surface area contributed by atoms with Gasteiger partial charge in [-0.25, -0.2) is 4.98 Å². The van der Waals surface area contributed by atoms with Crippen LogP contribution in [0, 0.1) is 5.92 Å². The first-order valence-corrected chi connectivity index (χ1v) is 10.1. The molecule has 2 aliphatic rings. The summed E-state index contributed by atoms with van der Waals surface area (Å²) in [7, 11) is 3.54. The van der Waals surface area contributed by atoms with Crippen molar-refractivity contribution in [3.63, 3.8) is 0 Å². The second-order valence-electron chi connectivity index (χ2n) is 7.42. The van der Waals surface area contributed by atoms with E-state index < -0.39 is 0 Å². The lowest BCUT2D eigenvalue weighted by molar-refractivity contribution is -0.121. The maximum Gasteiger partial charge on any atom is 0.220 e. The minimum atomic E-state index is 0.141. The zero-order valence-electron chi connectivity index (χ0n) is 16.6. The number of hydrogen-bond acceptors (Lipinski definition) is 4. The number of hydrogen-bond donors (Lipinski definition) is 2. The van der Waals surface area contributed by atoms with Gasteiger partial charge in [0.25, 0.3) is 0 Å². The molecule has 27 heavy (non-hydrogen) atoms. The first-order valence-electron chi connectivity index (χ1n) is 10.1. The highest BCUT2D eigenvalue weighted by atomic mass is 16.1. The smallest absolute Gasteiger partial charge is 0.220 e. The maximum atomic E-state index is 11.6. The van der Waals surface area contributed by atoms with Crippen LogP contribution in [-0.4, -0.2) is 62.0 Å². The van der Waals surface area contributed by atoms with E-state index in [1.165, 1.54) is 18.4 Å². The average Bonchev–Trinajstić information content (AvgIpc) is 3.24. The highest BCUT2D eigenvalue weighted by Crippen LogP contribution is 2.21. The van der Waals surface area contributed by atoms with Gasteiger partial charge in [0.05, 0.1) is 0 Å². The summed E-state index contributed by atoms with van der Waals surface area (Å²) in [5.74, 6) is 2.63. The number of carbonyl (C=O) groups excluding carboxylic acids is 1. The van der Waals surface area contributed by atoms with Crippen molar-refractivity contribution < 1.29 is 4.79 Å². The summed E-state index contributed by atoms with van der Waals surface area (Å²) in [5, 5.41) is 6.21. The maximum absolute atomic E-state index is 11.6. The van der Waals surface area contributed by atoms with Gasteiger partial charge >= 0.3 is 0 Å². The predicted molar refractivity (Wildman–Crippen MR) is 109 cm³/mol. The Kier molecular flexibility index (Phi) is 6.90. The molecule has 148 valence electrons. The molecule has 2 aliphatic heterocycles. The fourth-order valence-electron chi connectivity index (χ4n) is 3.92. The van der Waals surface area contributed by atoms with E-state index in [0.717, 1.165) is 57.3 Å². The number of piperidine rings is 1. The van der Waals surface area contributed by atoms with Crippen molar-refractivity contribution >= 4 is 17.7 Å². The molecule has 0 bridgehead atoms. The lowest BCUT2D eigenvalue weighted by atomic mass is 9.93. The second kappa shape index (κ2) is 9.58. The SMILES string of the molecule is CN=C(NCc1ccnc(N2CCCC2)c1)N1CCC(CC(=O)NC)CC1. The van der Waals surface area contributed by atoms with Gasteiger partial charge in [-0.05, 0) is 49.3 Å². The lowest BCUT2D eigenvalue weighted by Crippen LogP contribution is -2.45. The van der Waals surface area contributed by atoms with Gasteiger partial charge in [-0.2, -0.15) is 0 Å². The van der Waals surface area contributed by atoms with Crippen molar-refractivity contribution in [1.82, 2.24) is 20.5 Å². The zero-order chi connectivity index (χ0) is 19.1. The Bertz CT molecular complexity index is 648. The van der Waals surface area contributed by atoms with Gasteiger partial charge in [-0.15, -0.1) is 0 Å². The molecular formula is C20H32N6O. The largest absolute Gasteiger partial charge is 0.359 e. The minimum absolute atomic E-state index is 0.141. The number of carbonyl (C=O) groups is 1. The average molecular weight is 373 g/mol. The van der Waals surface area contributed by atoms with Crippen molar-refractivity contribution in [2.24, 2.45) is 10.9 Å². The molecule has 2 N–H and O–H groups in total. The van der Waals surface area contributed by atoms with Crippen molar-refractivity contribution in [2.75, 3.05) is 45.2 Å². The van der Waals surface area contributed by atoms with Crippen LogP contribution in [0.15, 0.2) is 23.3 Å². The molecule has 0 radical (unpaired) electrons. The number of aliphatic imine (C=N–C) groups is 1. The molecule has 1 amide bonds. The van der Waals surface area contributed by atoms with E-state index in [-0.39, 0.29) is 5.91 Å². The highest BCUT2D eigenvalue weighted by molar-refractivity contribution is 5.80. The summed E-state index contributed by atoms with van der Waals surface area (Å²) >= 11 is 0. The molecule has 0 unspecified atom stereocenters. The molecule has 0 aromatic carbocycles. The second-order valence-corrected chi connectivity index (χ2v) is 7.42. The Morgan fingerprint density at radius 1 is 1.26 bits per heavy atom. The minimum Gasteiger partial charge on any atom is -0.359 e. The number of amides is 1. The quantitative estimate of drug-likeness (QED) is 0.607. The van der Waals surface area contributed by atoms with Crippen LogP contribution < -0.4 is 15.5 Å². The number of pyridine rings is 1. The van der Waals surface area contributed by atoms with Gasteiger partial charge in [-0.1, -0.05) is 0 Å². The van der Waals surface area contributed by atoms with Gasteiger partial charge < -0.3 is 20.4 Å². The van der Waals surface area contributed by atoms with Crippen LogP contribution in [0.3, 0.4) is 0 Å². The summed E-state index contributed by atoms with van der Waals surface area (Å²) in [5.41, 5.74) is 1.22. The van der Waals surface area contributed by atoms with Crippen molar-refractivity contribution in [1.29, 1.82) is 0 Å². The molecule has 2 fully saturated rings. The Balaban J connectivity index is 1.50. The van der Waals surface area contributed by atoms with E-state index in [0.29, 0.717) is 12.3 Å². The number of aromatic nitrogens is 1. The number of nitrogens with zero attached hydrogens (tertiary/aromatic N) is 4. The van der Waals surface area contributed by atoms with Gasteiger partial charge in [0.15, 0.2) is 5.96 Å². The van der Waals surface area contributed by atoms with Crippen molar-refractivity contribution in [3.8, 4) is 0 Å². The topological polar surface area (TPSA) is 72.9 Å². The highest BCUT2D eigenvalue weighted by Gasteiger charge is 2.23. The predicted octanol–water partition coefficient (Wildman–Crippen LogP) is 1.61. The van der Waals surface area contributed by atoms with Crippen LogP contribution in [0.25, 0.3) is 0 Å². The van der Waals surface area contributed by atoms with E-state index in [9.17, 15) is 4.79 Å². The number of likely N-dealkylation sites (tertiary alicyclic amines) is 1. The first kappa shape index (κ1) is 19.5. The number of guanidine groups is 1. The molecule has 0 atom stereocenters. The summed E-state index contributed by atoms with van der Waals surface area (Å²) in [4.78, 5) is 25.2. The van der Waals surface area contributed by atoms with Gasteiger partial charge in [0.1, 0.15) is 5.82 Å². The molecule has 7 nitrogen and oxygen atoms in total. The third-order valence-corrected chi connectivity index (χ3v) is 5.57. The molecule has 0 aliphatic carbocycles. The fraction of sp³-hybridized carbons (Fsp3) is 0.650. The third-order valence-electron chi connectivity index (χ3n) is 5.57. The fourth-order valence-corrected chi connectivity index (χ4v) is 3.92. The molecule has 2 saturated heterocycles. The Hall–Kier alpha value is -2.31. The van der Waals surface area contributed by atoms with Crippen molar-refractivity contribution in [3.05, 3.63) is 23.9 Å². The summed E-state index contributed by atoms with van der Waals surface area (Å²) < 4.78 is 0. The van der Waals surface area contributed by atoms with Crippen LogP contribution in [0.5, 0.6) is 0 Å². The molecule has 3 rings (SSSR count). The Morgan fingerprint density at radius 3 is 2.67 bits per heavy atom. The molecule has 1 aromatic heterocycles. The van der Waals surface area contributed by atoms with E-state index in [1.54, 1.807) is 7.05 Å². The summed E-state index contributed by atoms with van der Waals surface area (Å²) in [6.45, 7) is 4.84. The monoisotopic (exact) mass is 372 g/mol. The van der Waals surface area contributed by atoms with Crippen LogP contribution in [0.4, 0.5) is 5.82 Å². The molecule has 0 spiro atoms. The zero-order valence-corrected chi connectivity index (χ0v) is 16.6. The Labute approximate surface area is 162 Å².